The van der Waals surface area contributed by atoms with Gasteiger partial charge in [0.25, 0.3) is 5.91 Å². The molecule has 3 aliphatic heterocycles. The number of carbonyl (C=O) groups is 1. The van der Waals surface area contributed by atoms with Crippen molar-refractivity contribution >= 4 is 29.0 Å². The minimum Gasteiger partial charge on any atom is -0.435 e. The zero-order valence-corrected chi connectivity index (χ0v) is 20.6. The second-order valence-electron chi connectivity index (χ2n) is 9.19. The van der Waals surface area contributed by atoms with Crippen molar-refractivity contribution in [2.45, 2.75) is 18.8 Å². The SMILES string of the molecule is CC1(c2ncc(F)cc2N2CCOCC2)NNC(=NC2N=C(c3ccccc3)c3ccccc3NC2=O)O1. The molecule has 0 bridgehead atoms. The van der Waals surface area contributed by atoms with E-state index >= 15 is 0 Å². The number of hydrogen-bond acceptors (Lipinski definition) is 8. The van der Waals surface area contributed by atoms with E-state index in [1.807, 2.05) is 59.5 Å². The Balaban J connectivity index is 1.33. The van der Waals surface area contributed by atoms with Crippen molar-refractivity contribution in [3.05, 3.63) is 89.5 Å². The second kappa shape index (κ2) is 9.84. The van der Waals surface area contributed by atoms with Gasteiger partial charge in [0.2, 0.25) is 11.9 Å². The molecule has 10 nitrogen and oxygen atoms in total. The third kappa shape index (κ3) is 4.57. The summed E-state index contributed by atoms with van der Waals surface area (Å²) >= 11 is 0. The van der Waals surface area contributed by atoms with Crippen molar-refractivity contribution < 1.29 is 18.7 Å². The molecular formula is C27H26FN7O3. The van der Waals surface area contributed by atoms with Gasteiger partial charge in [-0.3, -0.25) is 15.2 Å². The molecular weight excluding hydrogens is 489 g/mol. The number of pyridine rings is 1. The first-order valence-corrected chi connectivity index (χ1v) is 12.3. The summed E-state index contributed by atoms with van der Waals surface area (Å²) in [6.45, 7) is 4.03. The number of nitrogens with zero attached hydrogens (tertiary/aromatic N) is 4. The largest absolute Gasteiger partial charge is 0.435 e. The van der Waals surface area contributed by atoms with Crippen molar-refractivity contribution in [1.29, 1.82) is 0 Å². The topological polar surface area (TPSA) is 112 Å². The zero-order chi connectivity index (χ0) is 26.1. The molecule has 1 amide bonds. The van der Waals surface area contributed by atoms with Crippen molar-refractivity contribution in [1.82, 2.24) is 15.8 Å². The van der Waals surface area contributed by atoms with Gasteiger partial charge in [0.1, 0.15) is 11.5 Å². The van der Waals surface area contributed by atoms with Crippen molar-refractivity contribution in [3.8, 4) is 0 Å². The maximum Gasteiger partial charge on any atom is 0.304 e. The second-order valence-corrected chi connectivity index (χ2v) is 9.19. The van der Waals surface area contributed by atoms with Crippen LogP contribution in [0.4, 0.5) is 15.8 Å². The molecule has 0 radical (unpaired) electrons. The van der Waals surface area contributed by atoms with E-state index in [2.05, 4.69) is 26.1 Å². The molecule has 6 rings (SSSR count). The van der Waals surface area contributed by atoms with Gasteiger partial charge < -0.3 is 19.7 Å². The van der Waals surface area contributed by atoms with Gasteiger partial charge in [-0.1, -0.05) is 48.5 Å². The van der Waals surface area contributed by atoms with Crippen LogP contribution in [0, 0.1) is 5.82 Å². The molecule has 2 fully saturated rings. The van der Waals surface area contributed by atoms with Crippen molar-refractivity contribution in [3.63, 3.8) is 0 Å². The van der Waals surface area contributed by atoms with Gasteiger partial charge in [0.05, 0.1) is 36.5 Å². The smallest absolute Gasteiger partial charge is 0.304 e. The summed E-state index contributed by atoms with van der Waals surface area (Å²) in [5, 5.41) is 2.92. The van der Waals surface area contributed by atoms with Crippen LogP contribution in [0.25, 0.3) is 0 Å². The average Bonchev–Trinajstić information content (AvgIpc) is 3.26. The lowest BCUT2D eigenvalue weighted by atomic mass is 10.0. The molecule has 4 heterocycles. The summed E-state index contributed by atoms with van der Waals surface area (Å²) in [5.41, 5.74) is 8.78. The van der Waals surface area contributed by atoms with Gasteiger partial charge in [-0.15, -0.1) is 0 Å². The highest BCUT2D eigenvalue weighted by molar-refractivity contribution is 6.19. The number of benzodiazepines with no additional fused rings is 1. The fourth-order valence-corrected chi connectivity index (χ4v) is 4.70. The Labute approximate surface area is 218 Å². The number of fused-ring (bicyclic) bond motifs is 1. The number of aliphatic imine (C=N–C) groups is 2. The Kier molecular flexibility index (Phi) is 6.22. The van der Waals surface area contributed by atoms with Crippen LogP contribution in [0.2, 0.25) is 0 Å². The number of carbonyl (C=O) groups excluding carboxylic acids is 1. The fourth-order valence-electron chi connectivity index (χ4n) is 4.70. The quantitative estimate of drug-likeness (QED) is 0.490. The Morgan fingerprint density at radius 2 is 1.87 bits per heavy atom. The number of morpholine rings is 1. The normalized spacial score (nSPS) is 24.1. The summed E-state index contributed by atoms with van der Waals surface area (Å²) < 4.78 is 25.8. The highest BCUT2D eigenvalue weighted by Gasteiger charge is 2.41. The summed E-state index contributed by atoms with van der Waals surface area (Å²) in [6, 6.07) is 18.6. The molecule has 2 unspecified atom stereocenters. The molecule has 3 N–H and O–H groups in total. The highest BCUT2D eigenvalue weighted by atomic mass is 19.1. The minimum atomic E-state index is -1.18. The number of anilines is 2. The molecule has 0 spiro atoms. The number of ether oxygens (including phenoxy) is 2. The summed E-state index contributed by atoms with van der Waals surface area (Å²) in [5.74, 6) is -0.847. The third-order valence-corrected chi connectivity index (χ3v) is 6.56. The Bertz CT molecular complexity index is 1430. The zero-order valence-electron chi connectivity index (χ0n) is 20.6. The first-order valence-electron chi connectivity index (χ1n) is 12.3. The summed E-state index contributed by atoms with van der Waals surface area (Å²) in [6.07, 6.45) is 0.0287. The van der Waals surface area contributed by atoms with Crippen LogP contribution in [0.1, 0.15) is 23.7 Å². The average molecular weight is 516 g/mol. The molecule has 1 aromatic heterocycles. The van der Waals surface area contributed by atoms with E-state index in [0.29, 0.717) is 49.1 Å². The molecule has 3 aliphatic rings. The number of rotatable bonds is 4. The lowest BCUT2D eigenvalue weighted by molar-refractivity contribution is -0.117. The minimum absolute atomic E-state index is 0.0637. The van der Waals surface area contributed by atoms with E-state index in [-0.39, 0.29) is 6.02 Å². The van der Waals surface area contributed by atoms with E-state index in [1.54, 1.807) is 6.92 Å². The number of hydrogen-bond donors (Lipinski definition) is 3. The van der Waals surface area contributed by atoms with Crippen LogP contribution in [0.5, 0.6) is 0 Å². The number of amidine groups is 1. The number of aromatic nitrogens is 1. The van der Waals surface area contributed by atoms with Gasteiger partial charge in [-0.25, -0.2) is 9.38 Å². The number of benzene rings is 2. The van der Waals surface area contributed by atoms with Gasteiger partial charge in [-0.05, 0) is 13.0 Å². The predicted molar refractivity (Wildman–Crippen MR) is 140 cm³/mol. The summed E-state index contributed by atoms with van der Waals surface area (Å²) in [7, 11) is 0. The number of para-hydroxylation sites is 1. The maximum absolute atomic E-state index is 14.2. The van der Waals surface area contributed by atoms with Crippen molar-refractivity contribution in [2.24, 2.45) is 9.98 Å². The molecule has 3 aromatic rings. The van der Waals surface area contributed by atoms with Crippen molar-refractivity contribution in [2.75, 3.05) is 36.5 Å². The Morgan fingerprint density at radius 3 is 2.68 bits per heavy atom. The molecule has 2 atom stereocenters. The van der Waals surface area contributed by atoms with E-state index in [0.717, 1.165) is 17.3 Å². The molecule has 11 heteroatoms. The Hall–Kier alpha value is -4.35. The van der Waals surface area contributed by atoms with Crippen LogP contribution < -0.4 is 21.1 Å². The lowest BCUT2D eigenvalue weighted by Gasteiger charge is -2.33. The van der Waals surface area contributed by atoms with E-state index < -0.39 is 23.6 Å². The highest BCUT2D eigenvalue weighted by Crippen LogP contribution is 2.33. The molecule has 38 heavy (non-hydrogen) atoms. The van der Waals surface area contributed by atoms with Crippen LogP contribution in [0.15, 0.2) is 76.8 Å². The van der Waals surface area contributed by atoms with Crippen LogP contribution in [0.3, 0.4) is 0 Å². The van der Waals surface area contributed by atoms with E-state index in [9.17, 15) is 9.18 Å². The number of halogens is 1. The fraction of sp³-hybridized carbons (Fsp3) is 0.259. The molecule has 0 aliphatic carbocycles. The van der Waals surface area contributed by atoms with Gasteiger partial charge in [0.15, 0.2) is 0 Å². The monoisotopic (exact) mass is 515 g/mol. The lowest BCUT2D eigenvalue weighted by Crippen LogP contribution is -2.43. The standard InChI is InChI=1S/C27H26FN7O3/c1-27(23-21(15-18(28)16-29-23)35-11-13-37-14-12-35)34-33-26(38-27)32-24-25(36)30-20-10-6-5-9-19(20)22(31-24)17-7-3-2-4-8-17/h2-10,15-16,24,34H,11-14H2,1H3,(H,30,36)(H,32,33). The molecule has 2 aromatic carbocycles. The third-order valence-electron chi connectivity index (χ3n) is 6.56. The molecule has 0 saturated carbocycles. The van der Waals surface area contributed by atoms with Crippen LogP contribution in [-0.4, -0.2) is 55.1 Å². The number of nitrogens with one attached hydrogen (secondary N) is 3. The number of amides is 1. The molecule has 2 saturated heterocycles. The van der Waals surface area contributed by atoms with Crippen LogP contribution >= 0.6 is 0 Å². The van der Waals surface area contributed by atoms with Gasteiger partial charge in [-0.2, -0.15) is 10.4 Å². The maximum atomic E-state index is 14.2. The van der Waals surface area contributed by atoms with Gasteiger partial charge >= 0.3 is 6.02 Å². The Morgan fingerprint density at radius 1 is 1.11 bits per heavy atom. The predicted octanol–water partition coefficient (Wildman–Crippen LogP) is 2.53. The van der Waals surface area contributed by atoms with E-state index in [4.69, 9.17) is 14.5 Å². The summed E-state index contributed by atoms with van der Waals surface area (Å²) in [4.78, 5) is 28.8. The van der Waals surface area contributed by atoms with Crippen LogP contribution in [-0.2, 0) is 20.0 Å². The van der Waals surface area contributed by atoms with Gasteiger partial charge in [0, 0.05) is 30.3 Å². The first-order chi connectivity index (χ1) is 18.5. The molecule has 194 valence electrons. The number of hydrazine groups is 1. The van der Waals surface area contributed by atoms with E-state index in [1.165, 1.54) is 6.07 Å². The first kappa shape index (κ1) is 24.0.